The van der Waals surface area contributed by atoms with E-state index >= 15 is 0 Å². The Morgan fingerprint density at radius 1 is 1.10 bits per heavy atom. The quantitative estimate of drug-likeness (QED) is 0.751. The molecule has 0 amide bonds. The van der Waals surface area contributed by atoms with Crippen molar-refractivity contribution in [2.75, 3.05) is 26.9 Å². The Bertz CT molecular complexity index is 372. The summed E-state index contributed by atoms with van der Waals surface area (Å²) >= 11 is 0. The third-order valence-corrected chi connectivity index (χ3v) is 3.24. The molecule has 0 saturated carbocycles. The average molecular weight is 279 g/mol. The predicted molar refractivity (Wildman–Crippen MR) is 84.2 cm³/mol. The van der Waals surface area contributed by atoms with Gasteiger partial charge in [-0.15, -0.1) is 0 Å². The highest BCUT2D eigenvalue weighted by atomic mass is 16.5. The number of nitrogens with one attached hydrogen (secondary N) is 1. The lowest BCUT2D eigenvalue weighted by Gasteiger charge is -2.22. The normalized spacial score (nSPS) is 14.2. The second kappa shape index (κ2) is 9.11. The summed E-state index contributed by atoms with van der Waals surface area (Å²) in [4.78, 5) is 0. The van der Waals surface area contributed by atoms with Crippen LogP contribution in [0.5, 0.6) is 0 Å². The molecule has 0 spiro atoms. The van der Waals surface area contributed by atoms with Crippen molar-refractivity contribution < 1.29 is 9.47 Å². The summed E-state index contributed by atoms with van der Waals surface area (Å²) in [5, 5.41) is 3.57. The molecule has 0 aliphatic heterocycles. The van der Waals surface area contributed by atoms with E-state index in [1.807, 2.05) is 6.92 Å². The van der Waals surface area contributed by atoms with Gasteiger partial charge >= 0.3 is 0 Å². The summed E-state index contributed by atoms with van der Waals surface area (Å²) in [6, 6.07) is 6.93. The molecule has 0 aliphatic carbocycles. The molecule has 0 aromatic heterocycles. The van der Waals surface area contributed by atoms with Gasteiger partial charge in [0.15, 0.2) is 0 Å². The molecular weight excluding hydrogens is 250 g/mol. The van der Waals surface area contributed by atoms with E-state index in [0.29, 0.717) is 13.2 Å². The minimum absolute atomic E-state index is 0.122. The smallest absolute Gasteiger partial charge is 0.0781 e. The van der Waals surface area contributed by atoms with Gasteiger partial charge in [0.1, 0.15) is 0 Å². The van der Waals surface area contributed by atoms with Crippen LogP contribution in [0.15, 0.2) is 18.2 Å². The van der Waals surface area contributed by atoms with E-state index in [1.165, 1.54) is 16.7 Å². The number of benzene rings is 1. The molecule has 0 fully saturated rings. The lowest BCUT2D eigenvalue weighted by Crippen LogP contribution is -2.29. The zero-order valence-electron chi connectivity index (χ0n) is 13.5. The molecule has 20 heavy (non-hydrogen) atoms. The van der Waals surface area contributed by atoms with Gasteiger partial charge in [0.2, 0.25) is 0 Å². The van der Waals surface area contributed by atoms with Crippen molar-refractivity contribution >= 4 is 0 Å². The number of aryl methyl sites for hydroxylation is 2. The molecule has 1 rings (SSSR count). The number of methoxy groups -OCH3 is 1. The first-order chi connectivity index (χ1) is 9.56. The van der Waals surface area contributed by atoms with Crippen molar-refractivity contribution in [3.05, 3.63) is 34.9 Å². The molecule has 1 N–H and O–H groups in total. The van der Waals surface area contributed by atoms with Gasteiger partial charge in [0.25, 0.3) is 0 Å². The van der Waals surface area contributed by atoms with Crippen LogP contribution in [0, 0.1) is 13.8 Å². The van der Waals surface area contributed by atoms with Crippen molar-refractivity contribution in [1.29, 1.82) is 0 Å². The Morgan fingerprint density at radius 3 is 2.30 bits per heavy atom. The highest BCUT2D eigenvalue weighted by Gasteiger charge is 2.13. The maximum Gasteiger partial charge on any atom is 0.0781 e. The Labute approximate surface area is 123 Å². The van der Waals surface area contributed by atoms with Crippen molar-refractivity contribution in [1.82, 2.24) is 5.32 Å². The molecule has 1 aromatic carbocycles. The molecule has 0 aliphatic rings. The lowest BCUT2D eigenvalue weighted by atomic mass is 10.0. The van der Waals surface area contributed by atoms with Crippen LogP contribution in [-0.4, -0.2) is 33.0 Å². The number of ether oxygens (including phenoxy) is 2. The van der Waals surface area contributed by atoms with Gasteiger partial charge in [-0.25, -0.2) is 0 Å². The molecule has 2 atom stereocenters. The molecule has 2 unspecified atom stereocenters. The van der Waals surface area contributed by atoms with Gasteiger partial charge in [-0.2, -0.15) is 0 Å². The first-order valence-corrected chi connectivity index (χ1v) is 7.49. The van der Waals surface area contributed by atoms with Crippen LogP contribution in [0.25, 0.3) is 0 Å². The Hall–Kier alpha value is -0.900. The monoisotopic (exact) mass is 279 g/mol. The van der Waals surface area contributed by atoms with E-state index in [0.717, 1.165) is 13.0 Å². The fourth-order valence-corrected chi connectivity index (χ4v) is 2.35. The van der Waals surface area contributed by atoms with E-state index < -0.39 is 0 Å². The third kappa shape index (κ3) is 6.04. The fourth-order valence-electron chi connectivity index (χ4n) is 2.35. The van der Waals surface area contributed by atoms with Gasteiger partial charge in [-0.3, -0.25) is 0 Å². The second-order valence-corrected chi connectivity index (χ2v) is 5.53. The number of hydrogen-bond acceptors (Lipinski definition) is 3. The molecular formula is C17H29NO2. The summed E-state index contributed by atoms with van der Waals surface area (Å²) < 4.78 is 11.0. The molecule has 0 heterocycles. The summed E-state index contributed by atoms with van der Waals surface area (Å²) in [6.07, 6.45) is 1.24. The van der Waals surface area contributed by atoms with Gasteiger partial charge in [0, 0.05) is 7.11 Å². The molecule has 0 saturated heterocycles. The average Bonchev–Trinajstić information content (AvgIpc) is 2.38. The lowest BCUT2D eigenvalue weighted by molar-refractivity contribution is -0.000533. The SMILES string of the molecule is CCCNC(COC(C)COC)c1cc(C)cc(C)c1. The minimum atomic E-state index is 0.122. The Kier molecular flexibility index (Phi) is 7.82. The summed E-state index contributed by atoms with van der Waals surface area (Å²) in [5.41, 5.74) is 3.90. The van der Waals surface area contributed by atoms with E-state index in [2.05, 4.69) is 44.3 Å². The number of hydrogen-bond donors (Lipinski definition) is 1. The fraction of sp³-hybridized carbons (Fsp3) is 0.647. The topological polar surface area (TPSA) is 30.5 Å². The minimum Gasteiger partial charge on any atom is -0.382 e. The Morgan fingerprint density at radius 2 is 1.75 bits per heavy atom. The van der Waals surface area contributed by atoms with Crippen LogP contribution in [0.1, 0.15) is 43.0 Å². The standard InChI is InChI=1S/C17H29NO2/c1-6-7-18-17(12-20-15(4)11-19-5)16-9-13(2)8-14(3)10-16/h8-10,15,17-18H,6-7,11-12H2,1-5H3. The van der Waals surface area contributed by atoms with Gasteiger partial charge in [-0.05, 0) is 39.3 Å². The van der Waals surface area contributed by atoms with Crippen molar-refractivity contribution in [3.8, 4) is 0 Å². The summed E-state index contributed by atoms with van der Waals surface area (Å²) in [5.74, 6) is 0. The van der Waals surface area contributed by atoms with Crippen LogP contribution >= 0.6 is 0 Å². The Balaban J connectivity index is 2.72. The molecule has 114 valence electrons. The maximum absolute atomic E-state index is 5.89. The molecule has 3 nitrogen and oxygen atoms in total. The first-order valence-electron chi connectivity index (χ1n) is 7.49. The van der Waals surface area contributed by atoms with Crippen LogP contribution in [-0.2, 0) is 9.47 Å². The van der Waals surface area contributed by atoms with Crippen LogP contribution in [0.3, 0.4) is 0 Å². The van der Waals surface area contributed by atoms with Crippen molar-refractivity contribution in [3.63, 3.8) is 0 Å². The first kappa shape index (κ1) is 17.2. The number of rotatable bonds is 9. The second-order valence-electron chi connectivity index (χ2n) is 5.53. The van der Waals surface area contributed by atoms with E-state index in [4.69, 9.17) is 9.47 Å². The molecule has 0 radical (unpaired) electrons. The molecule has 0 bridgehead atoms. The van der Waals surface area contributed by atoms with Crippen molar-refractivity contribution in [2.45, 2.75) is 46.3 Å². The third-order valence-electron chi connectivity index (χ3n) is 3.24. The van der Waals surface area contributed by atoms with Gasteiger partial charge < -0.3 is 14.8 Å². The summed E-state index contributed by atoms with van der Waals surface area (Å²) in [6.45, 7) is 10.8. The predicted octanol–water partition coefficient (Wildman–Crippen LogP) is 3.40. The highest BCUT2D eigenvalue weighted by molar-refractivity contribution is 5.30. The zero-order chi connectivity index (χ0) is 15.0. The molecule has 1 aromatic rings. The summed E-state index contributed by atoms with van der Waals surface area (Å²) in [7, 11) is 1.70. The van der Waals surface area contributed by atoms with E-state index in [1.54, 1.807) is 7.11 Å². The highest BCUT2D eigenvalue weighted by Crippen LogP contribution is 2.18. The van der Waals surface area contributed by atoms with E-state index in [-0.39, 0.29) is 12.1 Å². The van der Waals surface area contributed by atoms with E-state index in [9.17, 15) is 0 Å². The van der Waals surface area contributed by atoms with Gasteiger partial charge in [-0.1, -0.05) is 36.2 Å². The van der Waals surface area contributed by atoms with Crippen LogP contribution in [0.2, 0.25) is 0 Å². The van der Waals surface area contributed by atoms with Crippen LogP contribution < -0.4 is 5.32 Å². The largest absolute Gasteiger partial charge is 0.382 e. The van der Waals surface area contributed by atoms with Crippen LogP contribution in [0.4, 0.5) is 0 Å². The van der Waals surface area contributed by atoms with Gasteiger partial charge in [0.05, 0.1) is 25.4 Å². The van der Waals surface area contributed by atoms with Crippen molar-refractivity contribution in [2.24, 2.45) is 0 Å². The maximum atomic E-state index is 5.89. The molecule has 3 heteroatoms. The zero-order valence-corrected chi connectivity index (χ0v) is 13.5.